The summed E-state index contributed by atoms with van der Waals surface area (Å²) in [6.45, 7) is 6.33. The molecule has 0 spiro atoms. The van der Waals surface area contributed by atoms with E-state index in [2.05, 4.69) is 38.2 Å². The number of hydrogen-bond donors (Lipinski definition) is 1. The van der Waals surface area contributed by atoms with Gasteiger partial charge in [0.1, 0.15) is 0 Å². The molecule has 2 rings (SSSR count). The molecule has 3 nitrogen and oxygen atoms in total. The summed E-state index contributed by atoms with van der Waals surface area (Å²) >= 11 is 2.27. The molecule has 1 saturated carbocycles. The van der Waals surface area contributed by atoms with Crippen LogP contribution in [0.3, 0.4) is 0 Å². The number of hydrogen-bond acceptors (Lipinski definition) is 3. The van der Waals surface area contributed by atoms with Gasteiger partial charge in [-0.1, -0.05) is 0 Å². The van der Waals surface area contributed by atoms with Crippen LogP contribution in [0.4, 0.5) is 0 Å². The van der Waals surface area contributed by atoms with E-state index >= 15 is 0 Å². The highest BCUT2D eigenvalue weighted by Gasteiger charge is 2.44. The number of nitrogens with zero attached hydrogens (tertiary/aromatic N) is 1. The molecule has 1 aliphatic heterocycles. The molecule has 2 fully saturated rings. The van der Waals surface area contributed by atoms with Gasteiger partial charge in [0, 0.05) is 47.5 Å². The van der Waals surface area contributed by atoms with Gasteiger partial charge in [0.2, 0.25) is 0 Å². The summed E-state index contributed by atoms with van der Waals surface area (Å²) in [7, 11) is 0. The first-order chi connectivity index (χ1) is 6.78. The second-order valence-electron chi connectivity index (χ2n) is 4.51. The first kappa shape index (κ1) is 11.1. The van der Waals surface area contributed by atoms with Crippen LogP contribution in [0.15, 0.2) is 0 Å². The van der Waals surface area contributed by atoms with E-state index in [1.54, 1.807) is 0 Å². The van der Waals surface area contributed by atoms with Gasteiger partial charge in [-0.05, 0) is 26.2 Å². The molecule has 1 heterocycles. The first-order valence-corrected chi connectivity index (χ1v) is 6.54. The minimum Gasteiger partial charge on any atom is -0.379 e. The predicted octanol–water partition coefficient (Wildman–Crippen LogP) is 1.57. The van der Waals surface area contributed by atoms with Gasteiger partial charge in [0.05, 0.1) is 13.2 Å². The van der Waals surface area contributed by atoms with Crippen molar-refractivity contribution >= 4 is 22.9 Å². The quantitative estimate of drug-likeness (QED) is 0.633. The molecule has 0 aromatic heterocycles. The Morgan fingerprint density at radius 1 is 1.57 bits per heavy atom. The number of halogens is 1. The Morgan fingerprint density at radius 2 is 2.36 bits per heavy atom. The molecule has 0 radical (unpaired) electrons. The van der Waals surface area contributed by atoms with E-state index in [4.69, 9.17) is 4.74 Å². The van der Waals surface area contributed by atoms with E-state index in [-0.39, 0.29) is 0 Å². The molecule has 0 bridgehead atoms. The lowest BCUT2D eigenvalue weighted by Crippen LogP contribution is -2.64. The molecule has 0 amide bonds. The third kappa shape index (κ3) is 1.94. The van der Waals surface area contributed by atoms with Gasteiger partial charge < -0.3 is 4.74 Å². The number of ether oxygens (including phenoxy) is 1. The fraction of sp³-hybridized carbons (Fsp3) is 1.00. The predicted molar refractivity (Wildman–Crippen MR) is 65.6 cm³/mol. The minimum atomic E-state index is 0.449. The van der Waals surface area contributed by atoms with E-state index in [9.17, 15) is 0 Å². The van der Waals surface area contributed by atoms with Crippen LogP contribution in [0, 0.1) is 0 Å². The molecular weight excluding hydrogens is 291 g/mol. The van der Waals surface area contributed by atoms with E-state index in [1.165, 1.54) is 19.3 Å². The third-order valence-electron chi connectivity index (χ3n) is 3.66. The summed E-state index contributed by atoms with van der Waals surface area (Å²) in [5.74, 6) is 0. The van der Waals surface area contributed by atoms with Crippen molar-refractivity contribution in [1.82, 2.24) is 8.43 Å². The van der Waals surface area contributed by atoms with Gasteiger partial charge in [-0.3, -0.25) is 8.43 Å². The molecule has 82 valence electrons. The van der Waals surface area contributed by atoms with Crippen molar-refractivity contribution in [2.45, 2.75) is 37.8 Å². The summed E-state index contributed by atoms with van der Waals surface area (Å²) in [6.07, 6.45) is 4.10. The Kier molecular flexibility index (Phi) is 3.68. The van der Waals surface area contributed by atoms with Gasteiger partial charge in [0.15, 0.2) is 0 Å². The normalized spacial score (nSPS) is 32.6. The van der Waals surface area contributed by atoms with Crippen molar-refractivity contribution in [3.63, 3.8) is 0 Å². The van der Waals surface area contributed by atoms with Crippen LogP contribution in [0.5, 0.6) is 0 Å². The Bertz CT molecular complexity index is 197. The zero-order valence-electron chi connectivity index (χ0n) is 8.76. The fourth-order valence-electron chi connectivity index (χ4n) is 2.71. The van der Waals surface area contributed by atoms with Gasteiger partial charge in [-0.25, -0.2) is 0 Å². The van der Waals surface area contributed by atoms with Crippen molar-refractivity contribution in [3.8, 4) is 0 Å². The Labute approximate surface area is 100 Å². The van der Waals surface area contributed by atoms with Gasteiger partial charge in [0.25, 0.3) is 0 Å². The largest absolute Gasteiger partial charge is 0.379 e. The van der Waals surface area contributed by atoms with E-state index in [1.807, 2.05) is 0 Å². The average molecular weight is 310 g/mol. The van der Waals surface area contributed by atoms with Crippen LogP contribution in [-0.2, 0) is 4.74 Å². The molecule has 14 heavy (non-hydrogen) atoms. The number of nitrogens with one attached hydrogen (secondary N) is 1. The molecule has 1 atom stereocenters. The topological polar surface area (TPSA) is 24.5 Å². The van der Waals surface area contributed by atoms with Crippen molar-refractivity contribution in [2.24, 2.45) is 0 Å². The third-order valence-corrected chi connectivity index (χ3v) is 4.04. The summed E-state index contributed by atoms with van der Waals surface area (Å²) in [5.41, 5.74) is 0.449. The molecule has 2 aliphatic rings. The van der Waals surface area contributed by atoms with Crippen LogP contribution >= 0.6 is 22.9 Å². The smallest absolute Gasteiger partial charge is 0.0620 e. The van der Waals surface area contributed by atoms with E-state index < -0.39 is 0 Å². The van der Waals surface area contributed by atoms with Crippen molar-refractivity contribution in [3.05, 3.63) is 0 Å². The average Bonchev–Trinajstić information content (AvgIpc) is 2.13. The lowest BCUT2D eigenvalue weighted by Gasteiger charge is -2.54. The van der Waals surface area contributed by atoms with Crippen LogP contribution in [0.25, 0.3) is 0 Å². The molecule has 0 unspecified atom stereocenters. The number of rotatable bonds is 3. The van der Waals surface area contributed by atoms with Crippen molar-refractivity contribution in [1.29, 1.82) is 0 Å². The van der Waals surface area contributed by atoms with Crippen molar-refractivity contribution < 1.29 is 4.74 Å². The van der Waals surface area contributed by atoms with Crippen LogP contribution < -0.4 is 3.53 Å². The maximum Gasteiger partial charge on any atom is 0.0620 e. The summed E-state index contributed by atoms with van der Waals surface area (Å²) in [4.78, 5) is 2.66. The zero-order valence-corrected chi connectivity index (χ0v) is 10.9. The first-order valence-electron chi connectivity index (χ1n) is 5.46. The molecular formula is C10H19IN2O. The summed E-state index contributed by atoms with van der Waals surface area (Å²) in [6, 6.07) is 0.591. The zero-order chi connectivity index (χ0) is 10.0. The minimum absolute atomic E-state index is 0.449. The number of morpholine rings is 1. The van der Waals surface area contributed by atoms with Crippen LogP contribution in [0.1, 0.15) is 26.2 Å². The maximum absolute atomic E-state index is 5.49. The monoisotopic (exact) mass is 310 g/mol. The SMILES string of the molecule is C[C@H]1COCCN1C1(CNI)CCC1. The fourth-order valence-corrected chi connectivity index (χ4v) is 3.42. The van der Waals surface area contributed by atoms with Gasteiger partial charge in [-0.2, -0.15) is 0 Å². The van der Waals surface area contributed by atoms with Gasteiger partial charge >= 0.3 is 0 Å². The highest BCUT2D eigenvalue weighted by Crippen LogP contribution is 2.39. The maximum atomic E-state index is 5.49. The molecule has 1 aliphatic carbocycles. The summed E-state index contributed by atoms with van der Waals surface area (Å²) in [5, 5.41) is 0. The Morgan fingerprint density at radius 3 is 2.86 bits per heavy atom. The standard InChI is InChI=1S/C10H19IN2O/c1-9-7-14-6-5-13(9)10(8-12-11)3-2-4-10/h9,12H,2-8H2,1H3/t9-/m0/s1. The van der Waals surface area contributed by atoms with Crippen molar-refractivity contribution in [2.75, 3.05) is 26.3 Å². The highest BCUT2D eigenvalue weighted by molar-refractivity contribution is 14.1. The highest BCUT2D eigenvalue weighted by atomic mass is 127. The van der Waals surface area contributed by atoms with E-state index in [0.717, 1.165) is 26.3 Å². The lowest BCUT2D eigenvalue weighted by atomic mass is 9.74. The van der Waals surface area contributed by atoms with Crippen LogP contribution in [0.2, 0.25) is 0 Å². The molecule has 4 heteroatoms. The van der Waals surface area contributed by atoms with Crippen LogP contribution in [-0.4, -0.2) is 42.8 Å². The molecule has 1 N–H and O–H groups in total. The van der Waals surface area contributed by atoms with Gasteiger partial charge in [-0.15, -0.1) is 0 Å². The molecule has 0 aromatic rings. The molecule has 0 aromatic carbocycles. The lowest BCUT2D eigenvalue weighted by molar-refractivity contribution is -0.0849. The van der Waals surface area contributed by atoms with E-state index in [0.29, 0.717) is 11.6 Å². The Hall–Kier alpha value is 0.610. The molecule has 1 saturated heterocycles. The second-order valence-corrected chi connectivity index (χ2v) is 5.27. The Balaban J connectivity index is 2.02. The second kappa shape index (κ2) is 4.63. The summed E-state index contributed by atoms with van der Waals surface area (Å²) < 4.78 is 8.81.